The molecule has 0 saturated carbocycles. The van der Waals surface area contributed by atoms with Gasteiger partial charge in [-0.05, 0) is 62.6 Å². The molecule has 2 aromatic heterocycles. The molecule has 6 nitrogen and oxygen atoms in total. The topological polar surface area (TPSA) is 51.3 Å². The van der Waals surface area contributed by atoms with Gasteiger partial charge in [0.15, 0.2) is 0 Å². The second kappa shape index (κ2) is 10.0. The van der Waals surface area contributed by atoms with Gasteiger partial charge < -0.3 is 14.8 Å². The first-order chi connectivity index (χ1) is 17.7. The number of aryl methyl sites for hydroxylation is 1. The van der Waals surface area contributed by atoms with E-state index in [1.54, 1.807) is 0 Å². The quantitative estimate of drug-likeness (QED) is 0.412. The Morgan fingerprint density at radius 2 is 1.89 bits per heavy atom. The van der Waals surface area contributed by atoms with Crippen LogP contribution in [0.15, 0.2) is 66.9 Å². The van der Waals surface area contributed by atoms with Gasteiger partial charge in [-0.15, -0.1) is 0 Å². The Hall–Kier alpha value is -3.22. The van der Waals surface area contributed by atoms with E-state index in [2.05, 4.69) is 94.3 Å². The fraction of sp³-hybridized carbons (Fsp3) is 0.400. The molecule has 0 spiro atoms. The first-order valence-corrected chi connectivity index (χ1v) is 13.3. The molecule has 3 heterocycles. The number of hydrogen-bond donors (Lipinski definition) is 1. The van der Waals surface area contributed by atoms with Gasteiger partial charge >= 0.3 is 0 Å². The molecule has 186 valence electrons. The summed E-state index contributed by atoms with van der Waals surface area (Å²) in [5, 5.41) is 0. The summed E-state index contributed by atoms with van der Waals surface area (Å²) in [5.74, 6) is 1.03. The van der Waals surface area contributed by atoms with Crippen LogP contribution < -0.4 is 4.90 Å². The number of likely N-dealkylation sites (N-methyl/N-ethyl adjacent to an activating group) is 1. The number of nitrogens with zero attached hydrogens (tertiary/aromatic N) is 5. The molecule has 0 bridgehead atoms. The average Bonchev–Trinajstić information content (AvgIpc) is 3.33. The molecule has 1 saturated heterocycles. The standard InChI is InChI=1S/C30H36N6/c1-22-19-35(18-17-34(22)2)27-15-7-13-25-30(27)33-28(32-25)21-36(20-23-9-4-3-5-10-23)26-14-6-11-24-12-8-16-31-29(24)26/h3-5,7-10,12-13,15-16,22,26H,6,11,14,17-21H2,1-2H3,(H,32,33)/t22?,26-/m0/s1. The zero-order chi connectivity index (χ0) is 24.5. The summed E-state index contributed by atoms with van der Waals surface area (Å²) in [4.78, 5) is 21.2. The van der Waals surface area contributed by atoms with E-state index < -0.39 is 0 Å². The minimum atomic E-state index is 0.293. The third kappa shape index (κ3) is 4.63. The number of aromatic nitrogens is 3. The second-order valence-corrected chi connectivity index (χ2v) is 10.5. The van der Waals surface area contributed by atoms with E-state index in [1.807, 2.05) is 6.20 Å². The number of hydrogen-bond acceptors (Lipinski definition) is 5. The van der Waals surface area contributed by atoms with Gasteiger partial charge in [-0.2, -0.15) is 0 Å². The van der Waals surface area contributed by atoms with Crippen LogP contribution >= 0.6 is 0 Å². The minimum absolute atomic E-state index is 0.293. The van der Waals surface area contributed by atoms with Gasteiger partial charge in [0.25, 0.3) is 0 Å². The summed E-state index contributed by atoms with van der Waals surface area (Å²) in [6.45, 7) is 7.09. The smallest absolute Gasteiger partial charge is 0.121 e. The van der Waals surface area contributed by atoms with Crippen molar-refractivity contribution in [2.45, 2.75) is 51.4 Å². The maximum absolute atomic E-state index is 5.19. The van der Waals surface area contributed by atoms with Crippen molar-refractivity contribution in [3.63, 3.8) is 0 Å². The van der Waals surface area contributed by atoms with Gasteiger partial charge in [-0.25, -0.2) is 4.98 Å². The molecule has 4 aromatic rings. The van der Waals surface area contributed by atoms with E-state index in [1.165, 1.54) is 28.9 Å². The Kier molecular flexibility index (Phi) is 6.46. The van der Waals surface area contributed by atoms with E-state index in [0.29, 0.717) is 12.1 Å². The lowest BCUT2D eigenvalue weighted by Crippen LogP contribution is -2.50. The van der Waals surface area contributed by atoms with Crippen molar-refractivity contribution < 1.29 is 0 Å². The largest absolute Gasteiger partial charge is 0.367 e. The van der Waals surface area contributed by atoms with Crippen molar-refractivity contribution in [1.29, 1.82) is 0 Å². The van der Waals surface area contributed by atoms with E-state index in [9.17, 15) is 0 Å². The first-order valence-electron chi connectivity index (χ1n) is 13.3. The Balaban J connectivity index is 1.32. The van der Waals surface area contributed by atoms with Crippen LogP contribution in [0.4, 0.5) is 5.69 Å². The molecule has 1 aliphatic carbocycles. The van der Waals surface area contributed by atoms with Crippen molar-refractivity contribution in [2.24, 2.45) is 0 Å². The van der Waals surface area contributed by atoms with Crippen molar-refractivity contribution in [3.05, 3.63) is 89.5 Å². The molecule has 0 amide bonds. The summed E-state index contributed by atoms with van der Waals surface area (Å²) in [6, 6.07) is 22.5. The van der Waals surface area contributed by atoms with E-state index >= 15 is 0 Å². The van der Waals surface area contributed by atoms with E-state index in [-0.39, 0.29) is 0 Å². The highest BCUT2D eigenvalue weighted by Crippen LogP contribution is 2.35. The average molecular weight is 481 g/mol. The summed E-state index contributed by atoms with van der Waals surface area (Å²) in [6.07, 6.45) is 5.39. The molecule has 1 aliphatic heterocycles. The van der Waals surface area contributed by atoms with Crippen molar-refractivity contribution in [1.82, 2.24) is 24.8 Å². The van der Waals surface area contributed by atoms with E-state index in [4.69, 9.17) is 9.97 Å². The molecule has 0 radical (unpaired) electrons. The summed E-state index contributed by atoms with van der Waals surface area (Å²) >= 11 is 0. The summed E-state index contributed by atoms with van der Waals surface area (Å²) < 4.78 is 0. The highest BCUT2D eigenvalue weighted by molar-refractivity contribution is 5.89. The number of H-pyrrole nitrogens is 1. The molecule has 2 aliphatic rings. The zero-order valence-corrected chi connectivity index (χ0v) is 21.4. The molecule has 6 rings (SSSR count). The van der Waals surface area contributed by atoms with Gasteiger partial charge in [0.1, 0.15) is 11.3 Å². The molecule has 6 heteroatoms. The zero-order valence-electron chi connectivity index (χ0n) is 21.4. The van der Waals surface area contributed by atoms with Crippen molar-refractivity contribution in [3.8, 4) is 0 Å². The van der Waals surface area contributed by atoms with Crippen LogP contribution in [0, 0.1) is 0 Å². The number of benzene rings is 2. The molecule has 1 unspecified atom stereocenters. The Bertz CT molecular complexity index is 1320. The van der Waals surface area contributed by atoms with E-state index in [0.717, 1.165) is 62.4 Å². The minimum Gasteiger partial charge on any atom is -0.367 e. The van der Waals surface area contributed by atoms with Crippen LogP contribution in [0.1, 0.15) is 48.5 Å². The van der Waals surface area contributed by atoms with Gasteiger partial charge in [0.05, 0.1) is 29.5 Å². The van der Waals surface area contributed by atoms with Crippen LogP contribution in [-0.2, 0) is 19.5 Å². The number of aromatic amines is 1. The molecular weight excluding hydrogens is 444 g/mol. The predicted octanol–water partition coefficient (Wildman–Crippen LogP) is 5.18. The van der Waals surface area contributed by atoms with Gasteiger partial charge in [0, 0.05) is 38.4 Å². The summed E-state index contributed by atoms with van der Waals surface area (Å²) in [5.41, 5.74) is 7.41. The third-order valence-electron chi connectivity index (χ3n) is 8.03. The van der Waals surface area contributed by atoms with Gasteiger partial charge in [-0.3, -0.25) is 9.88 Å². The van der Waals surface area contributed by atoms with Crippen molar-refractivity contribution in [2.75, 3.05) is 31.6 Å². The number of imidazole rings is 1. The SMILES string of the molecule is CC1CN(c2cccc3[nH]c(CN(Cc4ccccc4)[C@H]4CCCc5cccnc54)nc23)CCN1C. The number of anilines is 1. The van der Waals surface area contributed by atoms with Gasteiger partial charge in [0.2, 0.25) is 0 Å². The number of fused-ring (bicyclic) bond motifs is 2. The highest BCUT2D eigenvalue weighted by atomic mass is 15.3. The van der Waals surface area contributed by atoms with Crippen LogP contribution in [0.3, 0.4) is 0 Å². The second-order valence-electron chi connectivity index (χ2n) is 10.5. The van der Waals surface area contributed by atoms with Crippen LogP contribution in [-0.4, -0.2) is 57.5 Å². The molecule has 36 heavy (non-hydrogen) atoms. The Labute approximate surface area is 214 Å². The van der Waals surface area contributed by atoms with Crippen molar-refractivity contribution >= 4 is 16.7 Å². The fourth-order valence-electron chi connectivity index (χ4n) is 5.89. The predicted molar refractivity (Wildman–Crippen MR) is 146 cm³/mol. The number of pyridine rings is 1. The number of piperazine rings is 1. The normalized spacial score (nSPS) is 20.7. The number of para-hydroxylation sites is 1. The van der Waals surface area contributed by atoms with Crippen LogP contribution in [0.2, 0.25) is 0 Å². The molecule has 2 atom stereocenters. The fourth-order valence-corrected chi connectivity index (χ4v) is 5.89. The molecule has 1 N–H and O–H groups in total. The maximum Gasteiger partial charge on any atom is 0.121 e. The Morgan fingerprint density at radius 1 is 1.00 bits per heavy atom. The van der Waals surface area contributed by atoms with Crippen LogP contribution in [0.5, 0.6) is 0 Å². The van der Waals surface area contributed by atoms with Crippen LogP contribution in [0.25, 0.3) is 11.0 Å². The number of nitrogens with one attached hydrogen (secondary N) is 1. The third-order valence-corrected chi connectivity index (χ3v) is 8.03. The monoisotopic (exact) mass is 480 g/mol. The number of rotatable bonds is 6. The highest BCUT2D eigenvalue weighted by Gasteiger charge is 2.29. The summed E-state index contributed by atoms with van der Waals surface area (Å²) in [7, 11) is 2.22. The Morgan fingerprint density at radius 3 is 2.75 bits per heavy atom. The molecular formula is C30H36N6. The molecule has 1 fully saturated rings. The maximum atomic E-state index is 5.19. The first kappa shape index (κ1) is 23.2. The lowest BCUT2D eigenvalue weighted by molar-refractivity contribution is 0.153. The lowest BCUT2D eigenvalue weighted by atomic mass is 9.90. The van der Waals surface area contributed by atoms with Gasteiger partial charge in [-0.1, -0.05) is 42.5 Å². The lowest BCUT2D eigenvalue weighted by Gasteiger charge is -2.39. The molecule has 2 aromatic carbocycles.